The van der Waals surface area contributed by atoms with Gasteiger partial charge < -0.3 is 15.6 Å². The number of benzene rings is 1. The van der Waals surface area contributed by atoms with Crippen LogP contribution in [-0.4, -0.2) is 36.2 Å². The lowest BCUT2D eigenvalue weighted by molar-refractivity contribution is 0.0935. The van der Waals surface area contributed by atoms with Crippen molar-refractivity contribution in [3.63, 3.8) is 0 Å². The van der Waals surface area contributed by atoms with Crippen molar-refractivity contribution in [3.8, 4) is 11.5 Å². The summed E-state index contributed by atoms with van der Waals surface area (Å²) >= 11 is 0. The minimum absolute atomic E-state index is 0.0890. The zero-order valence-corrected chi connectivity index (χ0v) is 12.5. The third-order valence-corrected chi connectivity index (χ3v) is 4.36. The van der Waals surface area contributed by atoms with Crippen molar-refractivity contribution < 1.29 is 9.84 Å². The van der Waals surface area contributed by atoms with Crippen LogP contribution in [0.3, 0.4) is 0 Å². The molecule has 1 aliphatic rings. The molecule has 0 aromatic heterocycles. The van der Waals surface area contributed by atoms with E-state index in [1.807, 2.05) is 12.1 Å². The Labute approximate surface area is 121 Å². The first kappa shape index (κ1) is 15.1. The topological polar surface area (TPSA) is 58.7 Å². The Morgan fingerprint density at radius 1 is 1.45 bits per heavy atom. The highest BCUT2D eigenvalue weighted by atomic mass is 16.5. The molecule has 0 radical (unpaired) electrons. The van der Waals surface area contributed by atoms with E-state index in [4.69, 9.17) is 10.5 Å². The molecule has 20 heavy (non-hydrogen) atoms. The fourth-order valence-corrected chi connectivity index (χ4v) is 3.24. The molecule has 4 heteroatoms. The smallest absolute Gasteiger partial charge is 0.124 e. The summed E-state index contributed by atoms with van der Waals surface area (Å²) in [5, 5.41) is 10.3. The maximum absolute atomic E-state index is 10.3. The van der Waals surface area contributed by atoms with Gasteiger partial charge in [0.2, 0.25) is 0 Å². The lowest BCUT2D eigenvalue weighted by Gasteiger charge is -2.41. The van der Waals surface area contributed by atoms with Gasteiger partial charge >= 0.3 is 0 Å². The molecule has 0 saturated carbocycles. The van der Waals surface area contributed by atoms with Crippen LogP contribution >= 0.6 is 0 Å². The summed E-state index contributed by atoms with van der Waals surface area (Å²) in [6.45, 7) is 3.81. The number of hydrogen-bond donors (Lipinski definition) is 2. The molecule has 1 saturated heterocycles. The van der Waals surface area contributed by atoms with Gasteiger partial charge in [-0.25, -0.2) is 0 Å². The summed E-state index contributed by atoms with van der Waals surface area (Å²) in [4.78, 5) is 2.46. The van der Waals surface area contributed by atoms with Crippen LogP contribution in [0.2, 0.25) is 0 Å². The molecule has 1 aromatic carbocycles. The average molecular weight is 278 g/mol. The zero-order chi connectivity index (χ0) is 14.5. The Hall–Kier alpha value is -1.26. The summed E-state index contributed by atoms with van der Waals surface area (Å²) in [7, 11) is 1.60. The van der Waals surface area contributed by atoms with Crippen LogP contribution in [0.4, 0.5) is 0 Å². The molecule has 1 aliphatic heterocycles. The maximum atomic E-state index is 10.3. The Morgan fingerprint density at radius 3 is 2.85 bits per heavy atom. The predicted molar refractivity (Wildman–Crippen MR) is 81.1 cm³/mol. The van der Waals surface area contributed by atoms with Crippen molar-refractivity contribution in [3.05, 3.63) is 23.8 Å². The van der Waals surface area contributed by atoms with Gasteiger partial charge in [0.1, 0.15) is 11.5 Å². The summed E-state index contributed by atoms with van der Waals surface area (Å²) in [6, 6.07) is 6.16. The fraction of sp³-hybridized carbons (Fsp3) is 0.625. The number of phenolic OH excluding ortho intramolecular Hbond substituents is 1. The first-order chi connectivity index (χ1) is 9.71. The highest BCUT2D eigenvalue weighted by Gasteiger charge is 2.29. The number of likely N-dealkylation sites (tertiary alicyclic amines) is 1. The zero-order valence-electron chi connectivity index (χ0n) is 12.5. The quantitative estimate of drug-likeness (QED) is 0.869. The first-order valence-electron chi connectivity index (χ1n) is 7.54. The number of phenols is 1. The highest BCUT2D eigenvalue weighted by Crippen LogP contribution is 2.35. The van der Waals surface area contributed by atoms with Crippen molar-refractivity contribution >= 4 is 0 Å². The molecule has 2 atom stereocenters. The number of nitrogens with two attached hydrogens (primary N) is 1. The minimum Gasteiger partial charge on any atom is -0.507 e. The number of piperidine rings is 1. The molecule has 3 N–H and O–H groups in total. The number of nitrogens with zero attached hydrogens (tertiary/aromatic N) is 1. The Balaban J connectivity index is 2.26. The molecule has 2 unspecified atom stereocenters. The number of aromatic hydroxyl groups is 1. The van der Waals surface area contributed by atoms with Gasteiger partial charge in [-0.15, -0.1) is 0 Å². The average Bonchev–Trinajstić information content (AvgIpc) is 2.50. The molecular formula is C16H26N2O2. The molecule has 0 spiro atoms. The van der Waals surface area contributed by atoms with Crippen molar-refractivity contribution in [2.75, 3.05) is 20.2 Å². The van der Waals surface area contributed by atoms with E-state index in [2.05, 4.69) is 11.8 Å². The van der Waals surface area contributed by atoms with Crippen LogP contribution in [0.1, 0.15) is 44.2 Å². The molecule has 1 fully saturated rings. The van der Waals surface area contributed by atoms with E-state index in [-0.39, 0.29) is 11.8 Å². The minimum atomic E-state index is 0.0890. The van der Waals surface area contributed by atoms with E-state index >= 15 is 0 Å². The van der Waals surface area contributed by atoms with Crippen LogP contribution in [0.5, 0.6) is 11.5 Å². The van der Waals surface area contributed by atoms with Gasteiger partial charge in [0.15, 0.2) is 0 Å². The van der Waals surface area contributed by atoms with Gasteiger partial charge in [-0.1, -0.05) is 19.4 Å². The Bertz CT molecular complexity index is 436. The van der Waals surface area contributed by atoms with Crippen molar-refractivity contribution in [2.24, 2.45) is 5.73 Å². The molecule has 2 rings (SSSR count). The van der Waals surface area contributed by atoms with E-state index < -0.39 is 0 Å². The van der Waals surface area contributed by atoms with Crippen LogP contribution in [0.25, 0.3) is 0 Å². The van der Waals surface area contributed by atoms with Crippen LogP contribution in [-0.2, 0) is 0 Å². The molecule has 1 heterocycles. The lowest BCUT2D eigenvalue weighted by atomic mass is 9.94. The molecular weight excluding hydrogens is 252 g/mol. The third kappa shape index (κ3) is 3.07. The standard InChI is InChI=1S/C16H26N2O2/c1-3-12-6-4-5-9-18(12)15(11-17)14-8-7-13(20-2)10-16(14)19/h7-8,10,12,15,19H,3-6,9,11,17H2,1-2H3. The van der Waals surface area contributed by atoms with Crippen LogP contribution in [0, 0.1) is 0 Å². The van der Waals surface area contributed by atoms with E-state index in [1.165, 1.54) is 19.3 Å². The van der Waals surface area contributed by atoms with Crippen molar-refractivity contribution in [2.45, 2.75) is 44.7 Å². The molecule has 1 aromatic rings. The monoisotopic (exact) mass is 278 g/mol. The van der Waals surface area contributed by atoms with E-state index in [0.29, 0.717) is 18.3 Å². The summed E-state index contributed by atoms with van der Waals surface area (Å²) in [5.41, 5.74) is 6.92. The largest absolute Gasteiger partial charge is 0.507 e. The number of rotatable bonds is 5. The number of ether oxygens (including phenoxy) is 1. The molecule has 0 bridgehead atoms. The normalized spacial score (nSPS) is 21.6. The van der Waals surface area contributed by atoms with Crippen LogP contribution < -0.4 is 10.5 Å². The summed E-state index contributed by atoms with van der Waals surface area (Å²) < 4.78 is 5.15. The molecule has 112 valence electrons. The Kier molecular flexibility index (Phi) is 5.26. The second kappa shape index (κ2) is 6.95. The molecule has 4 nitrogen and oxygen atoms in total. The number of methoxy groups -OCH3 is 1. The van der Waals surface area contributed by atoms with Gasteiger partial charge in [0.05, 0.1) is 13.2 Å². The third-order valence-electron chi connectivity index (χ3n) is 4.36. The Morgan fingerprint density at radius 2 is 2.25 bits per heavy atom. The number of hydrogen-bond acceptors (Lipinski definition) is 4. The summed E-state index contributed by atoms with van der Waals surface area (Å²) in [5.74, 6) is 0.952. The van der Waals surface area contributed by atoms with Crippen LogP contribution in [0.15, 0.2) is 18.2 Å². The molecule has 0 amide bonds. The van der Waals surface area contributed by atoms with Gasteiger partial charge in [0.25, 0.3) is 0 Å². The van der Waals surface area contributed by atoms with Crippen molar-refractivity contribution in [1.82, 2.24) is 4.90 Å². The SMILES string of the molecule is CCC1CCCCN1C(CN)c1ccc(OC)cc1O. The van der Waals surface area contributed by atoms with Gasteiger partial charge in [0, 0.05) is 24.2 Å². The maximum Gasteiger partial charge on any atom is 0.124 e. The summed E-state index contributed by atoms with van der Waals surface area (Å²) in [6.07, 6.45) is 4.86. The van der Waals surface area contributed by atoms with E-state index in [0.717, 1.165) is 18.5 Å². The second-order valence-electron chi connectivity index (χ2n) is 5.47. The lowest BCUT2D eigenvalue weighted by Crippen LogP contribution is -2.44. The first-order valence-corrected chi connectivity index (χ1v) is 7.54. The van der Waals surface area contributed by atoms with Gasteiger partial charge in [-0.05, 0) is 31.9 Å². The predicted octanol–water partition coefficient (Wildman–Crippen LogP) is 2.67. The van der Waals surface area contributed by atoms with Crippen molar-refractivity contribution in [1.29, 1.82) is 0 Å². The molecule has 0 aliphatic carbocycles. The highest BCUT2D eigenvalue weighted by molar-refractivity contribution is 5.41. The fourth-order valence-electron chi connectivity index (χ4n) is 3.24. The van der Waals surface area contributed by atoms with Gasteiger partial charge in [-0.2, -0.15) is 0 Å². The van der Waals surface area contributed by atoms with E-state index in [9.17, 15) is 5.11 Å². The van der Waals surface area contributed by atoms with E-state index in [1.54, 1.807) is 13.2 Å². The van der Waals surface area contributed by atoms with Gasteiger partial charge in [-0.3, -0.25) is 4.90 Å². The second-order valence-corrected chi connectivity index (χ2v) is 5.47.